The molecule has 0 bridgehead atoms. The highest BCUT2D eigenvalue weighted by molar-refractivity contribution is 9.10. The summed E-state index contributed by atoms with van der Waals surface area (Å²) in [6.07, 6.45) is 3.95. The van der Waals surface area contributed by atoms with Crippen molar-refractivity contribution >= 4 is 15.9 Å². The van der Waals surface area contributed by atoms with Gasteiger partial charge in [-0.1, -0.05) is 28.1 Å². The Balaban J connectivity index is 2.47. The number of hydrogen-bond donors (Lipinski definition) is 0. The first kappa shape index (κ1) is 9.33. The van der Waals surface area contributed by atoms with E-state index >= 15 is 0 Å². The van der Waals surface area contributed by atoms with Gasteiger partial charge in [-0.15, -0.1) is 0 Å². The molecule has 12 heavy (non-hydrogen) atoms. The van der Waals surface area contributed by atoms with Crippen molar-refractivity contribution in [3.05, 3.63) is 40.9 Å². The van der Waals surface area contributed by atoms with Gasteiger partial charge in [-0.05, 0) is 31.2 Å². The molecule has 0 saturated heterocycles. The first-order valence-electron chi connectivity index (χ1n) is 3.82. The van der Waals surface area contributed by atoms with Gasteiger partial charge < -0.3 is 4.74 Å². The highest BCUT2D eigenvalue weighted by Gasteiger charge is 1.89. The molecule has 0 spiro atoms. The Hall–Kier alpha value is -0.760. The third-order valence-electron chi connectivity index (χ3n) is 1.40. The van der Waals surface area contributed by atoms with Crippen molar-refractivity contribution in [2.75, 3.05) is 6.61 Å². The van der Waals surface area contributed by atoms with Gasteiger partial charge in [-0.3, -0.25) is 0 Å². The van der Waals surface area contributed by atoms with Crippen molar-refractivity contribution in [3.63, 3.8) is 0 Å². The van der Waals surface area contributed by atoms with Crippen LogP contribution in [0, 0.1) is 0 Å². The molecule has 0 aliphatic carbocycles. The fraction of sp³-hybridized carbons (Fsp3) is 0.200. The van der Waals surface area contributed by atoms with E-state index in [-0.39, 0.29) is 0 Å². The number of ether oxygens (including phenoxy) is 1. The fourth-order valence-corrected chi connectivity index (χ4v) is 1.04. The van der Waals surface area contributed by atoms with Crippen molar-refractivity contribution in [1.82, 2.24) is 0 Å². The van der Waals surface area contributed by atoms with Gasteiger partial charge in [0.05, 0.1) is 0 Å². The lowest BCUT2D eigenvalue weighted by Gasteiger charge is -2.01. The third kappa shape index (κ3) is 3.09. The van der Waals surface area contributed by atoms with Gasteiger partial charge in [0, 0.05) is 4.47 Å². The molecule has 1 nitrogen and oxygen atoms in total. The number of halogens is 1. The Morgan fingerprint density at radius 2 is 2.00 bits per heavy atom. The number of benzene rings is 1. The van der Waals surface area contributed by atoms with E-state index in [1.54, 1.807) is 0 Å². The Labute approximate surface area is 81.2 Å². The topological polar surface area (TPSA) is 9.23 Å². The Bertz CT molecular complexity index is 251. The van der Waals surface area contributed by atoms with Gasteiger partial charge >= 0.3 is 0 Å². The zero-order valence-corrected chi connectivity index (χ0v) is 8.54. The standard InChI is InChI=1S/C10H11BrO/c1-2-3-8-12-10-6-4-9(11)5-7-10/h2-7H,8H2,1H3. The van der Waals surface area contributed by atoms with Crippen LogP contribution in [0.4, 0.5) is 0 Å². The van der Waals surface area contributed by atoms with Gasteiger partial charge in [0.2, 0.25) is 0 Å². The molecule has 1 aromatic rings. The van der Waals surface area contributed by atoms with Crippen LogP contribution < -0.4 is 4.74 Å². The van der Waals surface area contributed by atoms with Crippen LogP contribution in [0.25, 0.3) is 0 Å². The van der Waals surface area contributed by atoms with Crippen LogP contribution in [0.2, 0.25) is 0 Å². The zero-order valence-electron chi connectivity index (χ0n) is 6.96. The second-order valence-electron chi connectivity index (χ2n) is 2.33. The average Bonchev–Trinajstić information content (AvgIpc) is 2.09. The van der Waals surface area contributed by atoms with Crippen LogP contribution >= 0.6 is 15.9 Å². The lowest BCUT2D eigenvalue weighted by Crippen LogP contribution is -1.92. The minimum atomic E-state index is 0.637. The smallest absolute Gasteiger partial charge is 0.119 e. The summed E-state index contributed by atoms with van der Waals surface area (Å²) in [5.41, 5.74) is 0. The fourth-order valence-electron chi connectivity index (χ4n) is 0.771. The number of hydrogen-bond acceptors (Lipinski definition) is 1. The summed E-state index contributed by atoms with van der Waals surface area (Å²) >= 11 is 3.36. The van der Waals surface area contributed by atoms with Crippen LogP contribution in [0.5, 0.6) is 5.75 Å². The van der Waals surface area contributed by atoms with Crippen LogP contribution in [0.15, 0.2) is 40.9 Å². The van der Waals surface area contributed by atoms with E-state index in [0.717, 1.165) is 10.2 Å². The predicted molar refractivity (Wildman–Crippen MR) is 54.5 cm³/mol. The predicted octanol–water partition coefficient (Wildman–Crippen LogP) is 3.40. The van der Waals surface area contributed by atoms with Crippen molar-refractivity contribution in [2.45, 2.75) is 6.92 Å². The minimum absolute atomic E-state index is 0.637. The summed E-state index contributed by atoms with van der Waals surface area (Å²) in [7, 11) is 0. The second-order valence-corrected chi connectivity index (χ2v) is 3.25. The van der Waals surface area contributed by atoms with Crippen molar-refractivity contribution in [2.24, 2.45) is 0 Å². The Morgan fingerprint density at radius 1 is 1.33 bits per heavy atom. The summed E-state index contributed by atoms with van der Waals surface area (Å²) in [5.74, 6) is 0.899. The van der Waals surface area contributed by atoms with Gasteiger partial charge in [0.25, 0.3) is 0 Å². The molecule has 0 atom stereocenters. The van der Waals surface area contributed by atoms with E-state index in [0.29, 0.717) is 6.61 Å². The molecule has 0 heterocycles. The SMILES string of the molecule is CC=CCOc1ccc(Br)cc1. The van der Waals surface area contributed by atoms with Gasteiger partial charge in [-0.2, -0.15) is 0 Å². The Morgan fingerprint density at radius 3 is 2.58 bits per heavy atom. The lowest BCUT2D eigenvalue weighted by atomic mass is 10.3. The average molecular weight is 227 g/mol. The van der Waals surface area contributed by atoms with Crippen LogP contribution in [0.3, 0.4) is 0 Å². The van der Waals surface area contributed by atoms with Crippen LogP contribution in [-0.4, -0.2) is 6.61 Å². The number of rotatable bonds is 3. The van der Waals surface area contributed by atoms with Gasteiger partial charge in [0.1, 0.15) is 12.4 Å². The molecule has 0 unspecified atom stereocenters. The molecule has 2 heteroatoms. The van der Waals surface area contributed by atoms with E-state index in [1.165, 1.54) is 0 Å². The van der Waals surface area contributed by atoms with Crippen LogP contribution in [0.1, 0.15) is 6.92 Å². The van der Waals surface area contributed by atoms with Crippen LogP contribution in [-0.2, 0) is 0 Å². The summed E-state index contributed by atoms with van der Waals surface area (Å²) < 4.78 is 6.46. The molecule has 0 aliphatic heterocycles. The zero-order chi connectivity index (χ0) is 8.81. The highest BCUT2D eigenvalue weighted by Crippen LogP contribution is 2.15. The minimum Gasteiger partial charge on any atom is -0.490 e. The molecular weight excluding hydrogens is 216 g/mol. The maximum atomic E-state index is 5.39. The molecule has 0 fully saturated rings. The summed E-state index contributed by atoms with van der Waals surface area (Å²) in [6, 6.07) is 7.80. The summed E-state index contributed by atoms with van der Waals surface area (Å²) in [5, 5.41) is 0. The quantitative estimate of drug-likeness (QED) is 0.719. The largest absolute Gasteiger partial charge is 0.490 e. The highest BCUT2D eigenvalue weighted by atomic mass is 79.9. The lowest BCUT2D eigenvalue weighted by molar-refractivity contribution is 0.362. The molecule has 64 valence electrons. The molecule has 0 radical (unpaired) electrons. The Kier molecular flexibility index (Phi) is 3.88. The van der Waals surface area contributed by atoms with Gasteiger partial charge in [0.15, 0.2) is 0 Å². The van der Waals surface area contributed by atoms with Crippen molar-refractivity contribution in [1.29, 1.82) is 0 Å². The van der Waals surface area contributed by atoms with E-state index in [9.17, 15) is 0 Å². The van der Waals surface area contributed by atoms with E-state index in [2.05, 4.69) is 15.9 Å². The molecular formula is C10H11BrO. The molecule has 0 amide bonds. The molecule has 1 aromatic carbocycles. The molecule has 1 rings (SSSR count). The summed E-state index contributed by atoms with van der Waals surface area (Å²) in [4.78, 5) is 0. The first-order chi connectivity index (χ1) is 5.83. The molecule has 0 aliphatic rings. The molecule has 0 saturated carbocycles. The normalized spacial score (nSPS) is 10.5. The summed E-state index contributed by atoms with van der Waals surface area (Å²) in [6.45, 7) is 2.61. The maximum Gasteiger partial charge on any atom is 0.119 e. The molecule has 0 N–H and O–H groups in total. The van der Waals surface area contributed by atoms with E-state index in [1.807, 2.05) is 43.3 Å². The van der Waals surface area contributed by atoms with Crippen molar-refractivity contribution < 1.29 is 4.74 Å². The molecule has 0 aromatic heterocycles. The first-order valence-corrected chi connectivity index (χ1v) is 4.62. The van der Waals surface area contributed by atoms with E-state index < -0.39 is 0 Å². The third-order valence-corrected chi connectivity index (χ3v) is 1.92. The van der Waals surface area contributed by atoms with Gasteiger partial charge in [-0.25, -0.2) is 0 Å². The monoisotopic (exact) mass is 226 g/mol. The second kappa shape index (κ2) is 4.99. The van der Waals surface area contributed by atoms with Crippen molar-refractivity contribution in [3.8, 4) is 5.75 Å². The number of allylic oxidation sites excluding steroid dienone is 1. The maximum absolute atomic E-state index is 5.39. The van der Waals surface area contributed by atoms with E-state index in [4.69, 9.17) is 4.74 Å².